The maximum Gasteiger partial charge on any atom is 0.244 e. The number of hydrogen-bond acceptors (Lipinski definition) is 5. The number of sulfonamides is 1. The molecule has 0 aliphatic rings. The van der Waals surface area contributed by atoms with Gasteiger partial charge in [0, 0.05) is 19.2 Å². The molecule has 1 unspecified atom stereocenters. The van der Waals surface area contributed by atoms with E-state index in [4.69, 9.17) is 14.9 Å². The smallest absolute Gasteiger partial charge is 0.244 e. The van der Waals surface area contributed by atoms with Gasteiger partial charge in [0.2, 0.25) is 10.0 Å². The van der Waals surface area contributed by atoms with Gasteiger partial charge in [0.15, 0.2) is 0 Å². The third-order valence-corrected chi connectivity index (χ3v) is 4.37. The molecule has 1 aromatic heterocycles. The molecule has 0 aliphatic heterocycles. The average Bonchev–Trinajstić information content (AvgIpc) is 2.71. The van der Waals surface area contributed by atoms with Gasteiger partial charge >= 0.3 is 0 Å². The number of hydrogen-bond donors (Lipinski definition) is 2. The van der Waals surface area contributed by atoms with E-state index in [0.29, 0.717) is 24.5 Å². The highest BCUT2D eigenvalue weighted by molar-refractivity contribution is 7.89. The fourth-order valence-corrected chi connectivity index (χ4v) is 3.36. The lowest BCUT2D eigenvalue weighted by Gasteiger charge is -2.16. The van der Waals surface area contributed by atoms with Gasteiger partial charge in [-0.3, -0.25) is 0 Å². The van der Waals surface area contributed by atoms with Crippen LogP contribution in [0.15, 0.2) is 15.4 Å². The minimum absolute atomic E-state index is 0.144. The lowest BCUT2D eigenvalue weighted by molar-refractivity contribution is 0.171. The SMILES string of the molecule is CCCC(COC)NS(=O)(=O)c1cc(CN)oc1C. The second-order valence-electron chi connectivity index (χ2n) is 4.40. The van der Waals surface area contributed by atoms with E-state index in [0.717, 1.165) is 6.42 Å². The molecular weight excluding hydrogens is 268 g/mol. The van der Waals surface area contributed by atoms with Crippen molar-refractivity contribution in [1.29, 1.82) is 0 Å². The molecule has 1 aromatic rings. The van der Waals surface area contributed by atoms with Gasteiger partial charge in [0.25, 0.3) is 0 Å². The molecule has 7 heteroatoms. The van der Waals surface area contributed by atoms with Gasteiger partial charge in [-0.1, -0.05) is 13.3 Å². The molecule has 1 rings (SSSR count). The molecule has 0 aliphatic carbocycles. The third kappa shape index (κ3) is 4.31. The molecule has 0 spiro atoms. The highest BCUT2D eigenvalue weighted by atomic mass is 32.2. The summed E-state index contributed by atoms with van der Waals surface area (Å²) < 4.78 is 37.5. The molecule has 3 N–H and O–H groups in total. The number of methoxy groups -OCH3 is 1. The van der Waals surface area contributed by atoms with Crippen molar-refractivity contribution in [2.24, 2.45) is 5.73 Å². The molecule has 0 saturated heterocycles. The molecule has 0 amide bonds. The van der Waals surface area contributed by atoms with E-state index in [2.05, 4.69) is 4.72 Å². The first-order chi connectivity index (χ1) is 8.94. The average molecular weight is 290 g/mol. The van der Waals surface area contributed by atoms with Gasteiger partial charge in [-0.2, -0.15) is 0 Å². The van der Waals surface area contributed by atoms with Crippen molar-refractivity contribution in [3.63, 3.8) is 0 Å². The van der Waals surface area contributed by atoms with E-state index in [1.54, 1.807) is 14.0 Å². The fraction of sp³-hybridized carbons (Fsp3) is 0.667. The van der Waals surface area contributed by atoms with E-state index in [1.807, 2.05) is 6.92 Å². The highest BCUT2D eigenvalue weighted by Gasteiger charge is 2.24. The second kappa shape index (κ2) is 7.04. The predicted octanol–water partition coefficient (Wildman–Crippen LogP) is 1.14. The topological polar surface area (TPSA) is 94.6 Å². The molecular formula is C12H22N2O4S. The lowest BCUT2D eigenvalue weighted by Crippen LogP contribution is -2.38. The summed E-state index contributed by atoms with van der Waals surface area (Å²) in [5.41, 5.74) is 5.44. The Morgan fingerprint density at radius 1 is 1.53 bits per heavy atom. The number of aryl methyl sites for hydroxylation is 1. The first-order valence-electron chi connectivity index (χ1n) is 6.25. The molecule has 1 heterocycles. The molecule has 0 fully saturated rings. The third-order valence-electron chi connectivity index (χ3n) is 2.74. The Morgan fingerprint density at radius 2 is 2.21 bits per heavy atom. The summed E-state index contributed by atoms with van der Waals surface area (Å²) in [7, 11) is -2.05. The lowest BCUT2D eigenvalue weighted by atomic mass is 10.2. The summed E-state index contributed by atoms with van der Waals surface area (Å²) in [6, 6.07) is 1.23. The normalized spacial score (nSPS) is 13.7. The Hall–Kier alpha value is -0.890. The predicted molar refractivity (Wildman–Crippen MR) is 72.2 cm³/mol. The number of furan rings is 1. The van der Waals surface area contributed by atoms with Crippen molar-refractivity contribution in [2.75, 3.05) is 13.7 Å². The zero-order chi connectivity index (χ0) is 14.5. The van der Waals surface area contributed by atoms with Crippen LogP contribution in [0.3, 0.4) is 0 Å². The molecule has 1 atom stereocenters. The van der Waals surface area contributed by atoms with Crippen molar-refractivity contribution < 1.29 is 17.6 Å². The minimum Gasteiger partial charge on any atom is -0.464 e. The van der Waals surface area contributed by atoms with Crippen LogP contribution in [-0.4, -0.2) is 28.2 Å². The molecule has 0 radical (unpaired) electrons. The maximum atomic E-state index is 12.3. The van der Waals surface area contributed by atoms with Crippen LogP contribution in [0.5, 0.6) is 0 Å². The molecule has 6 nitrogen and oxygen atoms in total. The van der Waals surface area contributed by atoms with E-state index in [1.165, 1.54) is 6.07 Å². The molecule has 110 valence electrons. The quantitative estimate of drug-likeness (QED) is 0.748. The van der Waals surface area contributed by atoms with Crippen molar-refractivity contribution >= 4 is 10.0 Å². The van der Waals surface area contributed by atoms with Crippen molar-refractivity contribution in [2.45, 2.75) is 44.2 Å². The van der Waals surface area contributed by atoms with Crippen molar-refractivity contribution in [3.8, 4) is 0 Å². The van der Waals surface area contributed by atoms with Gasteiger partial charge in [-0.05, 0) is 13.3 Å². The van der Waals surface area contributed by atoms with E-state index < -0.39 is 10.0 Å². The second-order valence-corrected chi connectivity index (χ2v) is 6.08. The summed E-state index contributed by atoms with van der Waals surface area (Å²) in [6.45, 7) is 4.12. The van der Waals surface area contributed by atoms with Crippen molar-refractivity contribution in [3.05, 3.63) is 17.6 Å². The van der Waals surface area contributed by atoms with Gasteiger partial charge in [-0.25, -0.2) is 13.1 Å². The number of nitrogens with one attached hydrogen (secondary N) is 1. The van der Waals surface area contributed by atoms with Crippen LogP contribution in [-0.2, 0) is 21.3 Å². The van der Waals surface area contributed by atoms with Gasteiger partial charge in [-0.15, -0.1) is 0 Å². The Morgan fingerprint density at radius 3 is 2.68 bits per heavy atom. The van der Waals surface area contributed by atoms with Crippen LogP contribution >= 0.6 is 0 Å². The monoisotopic (exact) mass is 290 g/mol. The summed E-state index contributed by atoms with van der Waals surface area (Å²) in [5.74, 6) is 0.803. The van der Waals surface area contributed by atoms with Crippen LogP contribution in [0.4, 0.5) is 0 Å². The Balaban J connectivity index is 2.92. The number of nitrogens with two attached hydrogens (primary N) is 1. The van der Waals surface area contributed by atoms with E-state index >= 15 is 0 Å². The van der Waals surface area contributed by atoms with E-state index in [-0.39, 0.29) is 17.5 Å². The summed E-state index contributed by atoms with van der Waals surface area (Å²) in [4.78, 5) is 0.144. The first-order valence-corrected chi connectivity index (χ1v) is 7.73. The number of ether oxygens (including phenoxy) is 1. The van der Waals surface area contributed by atoms with Gasteiger partial charge in [0.1, 0.15) is 16.4 Å². The largest absolute Gasteiger partial charge is 0.464 e. The zero-order valence-corrected chi connectivity index (χ0v) is 12.4. The Bertz CT molecular complexity index is 490. The van der Waals surface area contributed by atoms with Crippen LogP contribution in [0.25, 0.3) is 0 Å². The molecule has 0 bridgehead atoms. The van der Waals surface area contributed by atoms with E-state index in [9.17, 15) is 8.42 Å². The van der Waals surface area contributed by atoms with Crippen LogP contribution < -0.4 is 10.5 Å². The standard InChI is InChI=1S/C12H22N2O4S/c1-4-5-10(8-17-3)14-19(15,16)12-6-11(7-13)18-9(12)2/h6,10,14H,4-5,7-8,13H2,1-3H3. The fourth-order valence-electron chi connectivity index (χ4n) is 1.90. The van der Waals surface area contributed by atoms with Crippen LogP contribution in [0.1, 0.15) is 31.3 Å². The Labute approximate surface area is 114 Å². The van der Waals surface area contributed by atoms with Crippen LogP contribution in [0, 0.1) is 6.92 Å². The first kappa shape index (κ1) is 16.2. The van der Waals surface area contributed by atoms with Crippen LogP contribution in [0.2, 0.25) is 0 Å². The number of rotatable bonds is 8. The summed E-state index contributed by atoms with van der Waals surface area (Å²) in [6.07, 6.45) is 1.59. The molecule has 19 heavy (non-hydrogen) atoms. The summed E-state index contributed by atoms with van der Waals surface area (Å²) in [5, 5.41) is 0. The molecule has 0 saturated carbocycles. The van der Waals surface area contributed by atoms with Gasteiger partial charge < -0.3 is 14.9 Å². The summed E-state index contributed by atoms with van der Waals surface area (Å²) >= 11 is 0. The van der Waals surface area contributed by atoms with Crippen molar-refractivity contribution in [1.82, 2.24) is 4.72 Å². The Kier molecular flexibility index (Phi) is 5.99. The molecule has 0 aromatic carbocycles. The maximum absolute atomic E-state index is 12.3. The highest BCUT2D eigenvalue weighted by Crippen LogP contribution is 2.20. The minimum atomic E-state index is -3.60. The van der Waals surface area contributed by atoms with Gasteiger partial charge in [0.05, 0.1) is 13.2 Å². The zero-order valence-electron chi connectivity index (χ0n) is 11.6.